The minimum atomic E-state index is 0.0581. The van der Waals surface area contributed by atoms with Crippen LogP contribution in [0.2, 0.25) is 0 Å². The van der Waals surface area contributed by atoms with Crippen molar-refractivity contribution in [1.82, 2.24) is 0 Å². The van der Waals surface area contributed by atoms with Crippen molar-refractivity contribution in [3.63, 3.8) is 0 Å². The van der Waals surface area contributed by atoms with E-state index in [0.29, 0.717) is 0 Å². The van der Waals surface area contributed by atoms with Crippen LogP contribution in [0.15, 0.2) is 0 Å². The van der Waals surface area contributed by atoms with Gasteiger partial charge in [-0.3, -0.25) is 0 Å². The summed E-state index contributed by atoms with van der Waals surface area (Å²) in [5.41, 5.74) is 0. The van der Waals surface area contributed by atoms with Crippen LogP contribution in [0, 0.1) is 0 Å². The first-order chi connectivity index (χ1) is 3.88. The van der Waals surface area contributed by atoms with Crippen molar-refractivity contribution >= 4 is 15.3 Å². The van der Waals surface area contributed by atoms with Gasteiger partial charge in [-0.2, -0.15) is 4.52 Å². The number of hydrogen-bond donors (Lipinski definition) is 0. The predicted molar refractivity (Wildman–Crippen MR) is 39.5 cm³/mol. The van der Waals surface area contributed by atoms with Gasteiger partial charge in [0.15, 0.2) is 0 Å². The van der Waals surface area contributed by atoms with E-state index in [0.717, 1.165) is 12.0 Å². The summed E-state index contributed by atoms with van der Waals surface area (Å²) >= 11 is 0. The molecule has 0 saturated heterocycles. The van der Waals surface area contributed by atoms with Gasteiger partial charge in [-0.15, -0.1) is 0 Å². The maximum absolute atomic E-state index is 5.41. The maximum atomic E-state index is 5.41. The number of hydrogen-bond acceptors (Lipinski definition) is 1. The summed E-state index contributed by atoms with van der Waals surface area (Å²) in [5, 5.41) is 0.935. The zero-order chi connectivity index (χ0) is 5.98. The Kier molecular flexibility index (Phi) is 2.43. The molecular formula is C5H11OP2+. The molecule has 0 fully saturated rings. The second-order valence-electron chi connectivity index (χ2n) is 1.72. The van der Waals surface area contributed by atoms with E-state index in [1.54, 1.807) is 7.87 Å². The van der Waals surface area contributed by atoms with Gasteiger partial charge in [-0.1, -0.05) is 6.92 Å². The highest BCUT2D eigenvalue weighted by Crippen LogP contribution is 2.65. The Morgan fingerprint density at radius 2 is 2.38 bits per heavy atom. The van der Waals surface area contributed by atoms with Gasteiger partial charge in [0.1, 0.15) is 0 Å². The molecule has 0 saturated carbocycles. The van der Waals surface area contributed by atoms with E-state index in [4.69, 9.17) is 4.52 Å². The lowest BCUT2D eigenvalue weighted by Crippen LogP contribution is -1.77. The van der Waals surface area contributed by atoms with Gasteiger partial charge < -0.3 is 0 Å². The lowest BCUT2D eigenvalue weighted by molar-refractivity contribution is 0.389. The maximum Gasteiger partial charge on any atom is 0.295 e. The van der Waals surface area contributed by atoms with Crippen molar-refractivity contribution in [2.75, 3.05) is 6.61 Å². The van der Waals surface area contributed by atoms with Gasteiger partial charge in [0.25, 0.3) is 7.44 Å². The molecule has 0 aromatic rings. The van der Waals surface area contributed by atoms with Crippen LogP contribution >= 0.6 is 15.3 Å². The van der Waals surface area contributed by atoms with Crippen LogP contribution in [0.3, 0.4) is 0 Å². The summed E-state index contributed by atoms with van der Waals surface area (Å²) in [6.45, 7) is 5.22. The molecule has 0 amide bonds. The Balaban J connectivity index is 2.06. The molecule has 0 radical (unpaired) electrons. The Bertz CT molecular complexity index is 111. The van der Waals surface area contributed by atoms with Gasteiger partial charge >= 0.3 is 0 Å². The third-order valence-electron chi connectivity index (χ3n) is 1.07. The molecule has 2 atom stereocenters. The summed E-state index contributed by atoms with van der Waals surface area (Å²) in [6.07, 6.45) is 1.31. The van der Waals surface area contributed by atoms with Crippen molar-refractivity contribution in [3.8, 4) is 0 Å². The number of rotatable bonds is 3. The van der Waals surface area contributed by atoms with Crippen LogP contribution < -0.4 is 0 Å². The van der Waals surface area contributed by atoms with Crippen molar-refractivity contribution < 1.29 is 4.52 Å². The zero-order valence-electron chi connectivity index (χ0n) is 5.29. The summed E-state index contributed by atoms with van der Waals surface area (Å²) in [4.78, 5) is 0. The average Bonchev–Trinajstić information content (AvgIpc) is 2.48. The fraction of sp³-hybridized carbons (Fsp3) is 1.00. The van der Waals surface area contributed by atoms with E-state index in [9.17, 15) is 0 Å². The lowest BCUT2D eigenvalue weighted by Gasteiger charge is -1.78. The molecule has 0 aliphatic carbocycles. The van der Waals surface area contributed by atoms with Crippen LogP contribution in [-0.4, -0.2) is 12.0 Å². The smallest absolute Gasteiger partial charge is 0.176 e. The van der Waals surface area contributed by atoms with E-state index < -0.39 is 0 Å². The minimum Gasteiger partial charge on any atom is -0.176 e. The molecule has 1 aliphatic heterocycles. The van der Waals surface area contributed by atoms with Crippen LogP contribution in [-0.2, 0) is 4.52 Å². The molecular weight excluding hydrogens is 138 g/mol. The third kappa shape index (κ3) is 1.52. The fourth-order valence-corrected chi connectivity index (χ4v) is 4.49. The topological polar surface area (TPSA) is 9.23 Å². The zero-order valence-corrected chi connectivity index (χ0v) is 7.08. The minimum absolute atomic E-state index is 0.0581. The Labute approximate surface area is 52.9 Å². The van der Waals surface area contributed by atoms with Crippen LogP contribution in [0.4, 0.5) is 0 Å². The molecule has 1 heterocycles. The van der Waals surface area contributed by atoms with E-state index in [1.165, 1.54) is 6.42 Å². The quantitative estimate of drug-likeness (QED) is 0.560. The van der Waals surface area contributed by atoms with Crippen LogP contribution in [0.1, 0.15) is 20.3 Å². The molecule has 0 aromatic heterocycles. The molecule has 1 rings (SSSR count). The first-order valence-electron chi connectivity index (χ1n) is 3.01. The van der Waals surface area contributed by atoms with Gasteiger partial charge in [-0.05, 0) is 6.92 Å². The summed E-state index contributed by atoms with van der Waals surface area (Å²) in [7, 11) is 1.64. The molecule has 46 valence electrons. The van der Waals surface area contributed by atoms with Crippen molar-refractivity contribution in [1.29, 1.82) is 0 Å². The Morgan fingerprint density at radius 3 is 2.75 bits per heavy atom. The third-order valence-corrected chi connectivity index (χ3v) is 5.81. The van der Waals surface area contributed by atoms with E-state index >= 15 is 0 Å². The van der Waals surface area contributed by atoms with Crippen molar-refractivity contribution in [2.45, 2.75) is 25.7 Å². The molecule has 0 N–H and O–H groups in total. The Hall–Kier alpha value is 0.560. The standard InChI is InChI=1S/C5H11OP2/c1-3-5-7-8(5)6-4-2/h5H,3-4H2,1-2H3/q+1. The van der Waals surface area contributed by atoms with Gasteiger partial charge in [-0.25, -0.2) is 0 Å². The van der Waals surface area contributed by atoms with Gasteiger partial charge in [0.05, 0.1) is 6.61 Å². The second kappa shape index (κ2) is 2.92. The lowest BCUT2D eigenvalue weighted by atomic mass is 10.6. The second-order valence-corrected chi connectivity index (χ2v) is 6.35. The molecule has 0 spiro atoms. The molecule has 1 nitrogen and oxygen atoms in total. The van der Waals surface area contributed by atoms with E-state index in [1.807, 2.05) is 0 Å². The first kappa shape index (κ1) is 6.68. The summed E-state index contributed by atoms with van der Waals surface area (Å²) in [6, 6.07) is 0. The highest BCUT2D eigenvalue weighted by molar-refractivity contribution is 8.09. The summed E-state index contributed by atoms with van der Waals surface area (Å²) < 4.78 is 5.41. The van der Waals surface area contributed by atoms with E-state index in [2.05, 4.69) is 13.8 Å². The molecule has 1 aliphatic rings. The molecule has 8 heavy (non-hydrogen) atoms. The Morgan fingerprint density at radius 1 is 1.62 bits per heavy atom. The SMILES string of the molecule is CCO[P+]1=PC1CC. The molecule has 2 unspecified atom stereocenters. The van der Waals surface area contributed by atoms with E-state index in [-0.39, 0.29) is 7.44 Å². The predicted octanol–water partition coefficient (Wildman–Crippen LogP) is 3.03. The van der Waals surface area contributed by atoms with Crippen LogP contribution in [0.25, 0.3) is 0 Å². The molecule has 0 aromatic carbocycles. The summed E-state index contributed by atoms with van der Waals surface area (Å²) in [5.74, 6) is 0. The van der Waals surface area contributed by atoms with Crippen molar-refractivity contribution in [3.05, 3.63) is 0 Å². The first-order valence-corrected chi connectivity index (χ1v) is 6.01. The van der Waals surface area contributed by atoms with Crippen LogP contribution in [0.5, 0.6) is 0 Å². The molecule has 3 heteroatoms. The van der Waals surface area contributed by atoms with Gasteiger partial charge in [0.2, 0.25) is 13.3 Å². The van der Waals surface area contributed by atoms with Gasteiger partial charge in [0, 0.05) is 6.42 Å². The monoisotopic (exact) mass is 149 g/mol. The molecule has 0 bridgehead atoms. The largest absolute Gasteiger partial charge is 0.295 e. The fourth-order valence-electron chi connectivity index (χ4n) is 0.591. The normalized spacial score (nSPS) is 31.8. The highest BCUT2D eigenvalue weighted by Gasteiger charge is 2.42. The van der Waals surface area contributed by atoms with Crippen molar-refractivity contribution in [2.24, 2.45) is 0 Å². The highest BCUT2D eigenvalue weighted by atomic mass is 31.8. The average molecular weight is 149 g/mol.